The first-order chi connectivity index (χ1) is 8.09. The number of hydrogen-bond acceptors (Lipinski definition) is 2. The van der Waals surface area contributed by atoms with Gasteiger partial charge in [0.1, 0.15) is 0 Å². The highest BCUT2D eigenvalue weighted by Crippen LogP contribution is 2.36. The Hall–Kier alpha value is -0.0800. The third-order valence-electron chi connectivity index (χ3n) is 4.20. The Labute approximate surface area is 108 Å². The highest BCUT2D eigenvalue weighted by molar-refractivity contribution is 4.95. The molecule has 0 aromatic heterocycles. The molecule has 1 fully saturated rings. The summed E-state index contributed by atoms with van der Waals surface area (Å²) >= 11 is 0. The predicted octanol–water partition coefficient (Wildman–Crippen LogP) is 3.40. The van der Waals surface area contributed by atoms with Crippen LogP contribution in [0, 0.1) is 5.92 Å². The molecule has 17 heavy (non-hydrogen) atoms. The number of rotatable bonds is 9. The van der Waals surface area contributed by atoms with E-state index in [2.05, 4.69) is 32.6 Å². The quantitative estimate of drug-likeness (QED) is 0.669. The van der Waals surface area contributed by atoms with Gasteiger partial charge in [0, 0.05) is 24.7 Å². The lowest BCUT2D eigenvalue weighted by Crippen LogP contribution is -2.57. The van der Waals surface area contributed by atoms with Crippen molar-refractivity contribution >= 4 is 0 Å². The molecule has 102 valence electrons. The minimum absolute atomic E-state index is 0.264. The van der Waals surface area contributed by atoms with Crippen LogP contribution in [0.25, 0.3) is 0 Å². The van der Waals surface area contributed by atoms with Crippen molar-refractivity contribution in [1.29, 1.82) is 0 Å². The molecule has 2 heteroatoms. The Morgan fingerprint density at radius 2 is 1.71 bits per heavy atom. The van der Waals surface area contributed by atoms with Crippen LogP contribution in [-0.4, -0.2) is 29.6 Å². The van der Waals surface area contributed by atoms with Gasteiger partial charge in [-0.3, -0.25) is 4.90 Å². The molecule has 1 rings (SSSR count). The van der Waals surface area contributed by atoms with Gasteiger partial charge < -0.3 is 5.73 Å². The summed E-state index contributed by atoms with van der Waals surface area (Å²) in [4.78, 5) is 2.72. The van der Waals surface area contributed by atoms with Crippen molar-refractivity contribution in [2.45, 2.75) is 77.8 Å². The monoisotopic (exact) mass is 240 g/mol. The van der Waals surface area contributed by atoms with Crippen LogP contribution in [0.2, 0.25) is 0 Å². The van der Waals surface area contributed by atoms with Crippen LogP contribution in [0.4, 0.5) is 0 Å². The standard InChI is InChI=1S/C15H32N2/c1-5-9-15(12-16,10-6-2)17(13(3)4)11-14-7-8-14/h13-14H,5-12,16H2,1-4H3. The zero-order valence-electron chi connectivity index (χ0n) is 12.3. The minimum atomic E-state index is 0.264. The summed E-state index contributed by atoms with van der Waals surface area (Å²) in [6.45, 7) is 11.3. The molecule has 2 nitrogen and oxygen atoms in total. The molecule has 1 aliphatic rings. The van der Waals surface area contributed by atoms with E-state index in [1.165, 1.54) is 45.1 Å². The summed E-state index contributed by atoms with van der Waals surface area (Å²) < 4.78 is 0. The first-order valence-electron chi connectivity index (χ1n) is 7.56. The molecule has 1 aliphatic carbocycles. The maximum atomic E-state index is 6.17. The van der Waals surface area contributed by atoms with E-state index in [4.69, 9.17) is 5.73 Å². The second-order valence-electron chi connectivity index (χ2n) is 6.12. The van der Waals surface area contributed by atoms with Crippen LogP contribution >= 0.6 is 0 Å². The summed E-state index contributed by atoms with van der Waals surface area (Å²) in [7, 11) is 0. The molecular weight excluding hydrogens is 208 g/mol. The van der Waals surface area contributed by atoms with Crippen LogP contribution in [0.1, 0.15) is 66.2 Å². The fraction of sp³-hybridized carbons (Fsp3) is 1.00. The van der Waals surface area contributed by atoms with Crippen molar-refractivity contribution in [3.63, 3.8) is 0 Å². The number of nitrogens with two attached hydrogens (primary N) is 1. The highest BCUT2D eigenvalue weighted by Gasteiger charge is 2.38. The Kier molecular flexibility index (Phi) is 5.94. The van der Waals surface area contributed by atoms with E-state index in [1.807, 2.05) is 0 Å². The Morgan fingerprint density at radius 1 is 1.18 bits per heavy atom. The molecule has 0 aromatic rings. The SMILES string of the molecule is CCCC(CN)(CCC)N(CC1CC1)C(C)C. The van der Waals surface area contributed by atoms with E-state index in [-0.39, 0.29) is 5.54 Å². The summed E-state index contributed by atoms with van der Waals surface area (Å²) in [5, 5.41) is 0. The van der Waals surface area contributed by atoms with Crippen LogP contribution in [0.3, 0.4) is 0 Å². The van der Waals surface area contributed by atoms with E-state index in [1.54, 1.807) is 0 Å². The minimum Gasteiger partial charge on any atom is -0.329 e. The summed E-state index contributed by atoms with van der Waals surface area (Å²) in [5.74, 6) is 0.956. The van der Waals surface area contributed by atoms with E-state index in [0.717, 1.165) is 12.5 Å². The average molecular weight is 240 g/mol. The van der Waals surface area contributed by atoms with E-state index >= 15 is 0 Å². The molecule has 0 amide bonds. The van der Waals surface area contributed by atoms with Gasteiger partial charge in [-0.2, -0.15) is 0 Å². The lowest BCUT2D eigenvalue weighted by Gasteiger charge is -2.46. The van der Waals surface area contributed by atoms with Crippen molar-refractivity contribution in [3.8, 4) is 0 Å². The maximum Gasteiger partial charge on any atom is 0.0334 e. The van der Waals surface area contributed by atoms with Crippen LogP contribution in [0.15, 0.2) is 0 Å². The zero-order valence-corrected chi connectivity index (χ0v) is 12.3. The van der Waals surface area contributed by atoms with Gasteiger partial charge in [-0.15, -0.1) is 0 Å². The molecule has 0 heterocycles. The molecule has 0 aromatic carbocycles. The van der Waals surface area contributed by atoms with Gasteiger partial charge in [-0.25, -0.2) is 0 Å². The van der Waals surface area contributed by atoms with Gasteiger partial charge >= 0.3 is 0 Å². The lowest BCUT2D eigenvalue weighted by molar-refractivity contribution is 0.0401. The first kappa shape index (κ1) is 15.0. The maximum absolute atomic E-state index is 6.17. The number of hydrogen-bond donors (Lipinski definition) is 1. The fourth-order valence-electron chi connectivity index (χ4n) is 3.20. The molecule has 0 unspecified atom stereocenters. The van der Waals surface area contributed by atoms with Crippen molar-refractivity contribution < 1.29 is 0 Å². The first-order valence-corrected chi connectivity index (χ1v) is 7.56. The van der Waals surface area contributed by atoms with Crippen molar-refractivity contribution in [2.75, 3.05) is 13.1 Å². The molecule has 0 saturated heterocycles. The van der Waals surface area contributed by atoms with Crippen molar-refractivity contribution in [2.24, 2.45) is 11.7 Å². The predicted molar refractivity (Wildman–Crippen MR) is 76.2 cm³/mol. The van der Waals surface area contributed by atoms with Gasteiger partial charge in [0.2, 0.25) is 0 Å². The largest absolute Gasteiger partial charge is 0.329 e. The Balaban J connectivity index is 2.79. The summed E-state index contributed by atoms with van der Waals surface area (Å²) in [6, 6.07) is 0.622. The van der Waals surface area contributed by atoms with Crippen molar-refractivity contribution in [3.05, 3.63) is 0 Å². The van der Waals surface area contributed by atoms with Gasteiger partial charge in [-0.1, -0.05) is 26.7 Å². The molecular formula is C15H32N2. The van der Waals surface area contributed by atoms with E-state index in [0.29, 0.717) is 6.04 Å². The molecule has 0 bridgehead atoms. The smallest absolute Gasteiger partial charge is 0.0334 e. The molecule has 0 atom stereocenters. The Morgan fingerprint density at radius 3 is 2.00 bits per heavy atom. The summed E-state index contributed by atoms with van der Waals surface area (Å²) in [6.07, 6.45) is 7.85. The van der Waals surface area contributed by atoms with Crippen LogP contribution in [0.5, 0.6) is 0 Å². The Bertz CT molecular complexity index is 203. The molecule has 1 saturated carbocycles. The van der Waals surface area contributed by atoms with Crippen LogP contribution < -0.4 is 5.73 Å². The molecule has 0 radical (unpaired) electrons. The van der Waals surface area contributed by atoms with Gasteiger partial charge in [0.25, 0.3) is 0 Å². The topological polar surface area (TPSA) is 29.3 Å². The van der Waals surface area contributed by atoms with Crippen LogP contribution in [-0.2, 0) is 0 Å². The van der Waals surface area contributed by atoms with Crippen molar-refractivity contribution in [1.82, 2.24) is 4.90 Å². The molecule has 2 N–H and O–H groups in total. The second kappa shape index (κ2) is 6.75. The lowest BCUT2D eigenvalue weighted by atomic mass is 9.85. The third-order valence-corrected chi connectivity index (χ3v) is 4.20. The second-order valence-corrected chi connectivity index (χ2v) is 6.12. The highest BCUT2D eigenvalue weighted by atomic mass is 15.2. The third kappa shape index (κ3) is 3.96. The summed E-state index contributed by atoms with van der Waals surface area (Å²) in [5.41, 5.74) is 6.44. The van der Waals surface area contributed by atoms with E-state index in [9.17, 15) is 0 Å². The van der Waals surface area contributed by atoms with Gasteiger partial charge in [-0.05, 0) is 45.4 Å². The fourth-order valence-corrected chi connectivity index (χ4v) is 3.20. The van der Waals surface area contributed by atoms with Gasteiger partial charge in [0.05, 0.1) is 0 Å². The number of nitrogens with zero attached hydrogens (tertiary/aromatic N) is 1. The van der Waals surface area contributed by atoms with E-state index < -0.39 is 0 Å². The zero-order chi connectivity index (χ0) is 12.9. The van der Waals surface area contributed by atoms with Gasteiger partial charge in [0.15, 0.2) is 0 Å². The molecule has 0 aliphatic heterocycles. The normalized spacial score (nSPS) is 17.1. The average Bonchev–Trinajstić information content (AvgIpc) is 3.09. The molecule has 0 spiro atoms.